The lowest BCUT2D eigenvalue weighted by molar-refractivity contribution is 0.0284. The molecule has 0 aliphatic rings. The van der Waals surface area contributed by atoms with Gasteiger partial charge in [-0.15, -0.1) is 0 Å². The molecular formula is C10H8BrF4NO2. The van der Waals surface area contributed by atoms with Gasteiger partial charge in [0.15, 0.2) is 0 Å². The molecule has 0 bridgehead atoms. The second-order valence-corrected chi connectivity index (χ2v) is 4.09. The van der Waals surface area contributed by atoms with Crippen LogP contribution in [0.4, 0.5) is 17.6 Å². The highest BCUT2D eigenvalue weighted by Crippen LogP contribution is 2.26. The number of hydrogen-bond acceptors (Lipinski definition) is 2. The van der Waals surface area contributed by atoms with Gasteiger partial charge in [-0.2, -0.15) is 0 Å². The molecule has 1 amide bonds. The van der Waals surface area contributed by atoms with Crippen molar-refractivity contribution in [1.82, 2.24) is 5.32 Å². The lowest BCUT2D eigenvalue weighted by Gasteiger charge is -2.13. The van der Waals surface area contributed by atoms with Gasteiger partial charge in [-0.25, -0.2) is 17.6 Å². The molecule has 0 spiro atoms. The zero-order chi connectivity index (χ0) is 13.9. The average molecular weight is 330 g/mol. The Kier molecular flexibility index (Phi) is 4.94. The van der Waals surface area contributed by atoms with Crippen LogP contribution in [0.5, 0.6) is 5.75 Å². The number of alkyl halides is 3. The van der Waals surface area contributed by atoms with Crippen LogP contribution in [0.1, 0.15) is 10.4 Å². The van der Waals surface area contributed by atoms with Crippen LogP contribution in [-0.4, -0.2) is 25.7 Å². The van der Waals surface area contributed by atoms with Crippen molar-refractivity contribution in [3.63, 3.8) is 0 Å². The summed E-state index contributed by atoms with van der Waals surface area (Å²) in [6.07, 6.45) is -6.26. The van der Waals surface area contributed by atoms with Crippen molar-refractivity contribution in [3.05, 3.63) is 28.0 Å². The zero-order valence-electron chi connectivity index (χ0n) is 9.02. The first-order valence-electron chi connectivity index (χ1n) is 4.63. The molecule has 0 saturated heterocycles. The van der Waals surface area contributed by atoms with E-state index < -0.39 is 30.0 Å². The Morgan fingerprint density at radius 3 is 2.50 bits per heavy atom. The summed E-state index contributed by atoms with van der Waals surface area (Å²) < 4.78 is 55.1. The van der Waals surface area contributed by atoms with Crippen LogP contribution in [0.2, 0.25) is 0 Å². The highest BCUT2D eigenvalue weighted by Gasteiger charge is 2.26. The minimum atomic E-state index is -3.39. The Bertz CT molecular complexity index is 456. The van der Waals surface area contributed by atoms with Gasteiger partial charge in [-0.05, 0) is 12.1 Å². The number of nitrogens with one attached hydrogen (secondary N) is 1. The van der Waals surface area contributed by atoms with Gasteiger partial charge >= 0.3 is 0 Å². The van der Waals surface area contributed by atoms with Gasteiger partial charge in [0.1, 0.15) is 17.1 Å². The van der Waals surface area contributed by atoms with E-state index in [0.29, 0.717) is 4.47 Å². The second kappa shape index (κ2) is 6.03. The molecule has 0 aliphatic heterocycles. The SMILES string of the molecule is COc1cc(Br)cc(F)c1C(=O)NC(F)C(F)F. The fourth-order valence-corrected chi connectivity index (χ4v) is 1.60. The molecule has 18 heavy (non-hydrogen) atoms. The summed E-state index contributed by atoms with van der Waals surface area (Å²) in [5.41, 5.74) is -0.635. The Morgan fingerprint density at radius 1 is 1.39 bits per heavy atom. The highest BCUT2D eigenvalue weighted by molar-refractivity contribution is 9.10. The number of rotatable bonds is 4. The number of carbonyl (C=O) groups excluding carboxylic acids is 1. The number of methoxy groups -OCH3 is 1. The molecule has 3 nitrogen and oxygen atoms in total. The van der Waals surface area contributed by atoms with Crippen LogP contribution in [0.15, 0.2) is 16.6 Å². The van der Waals surface area contributed by atoms with Crippen molar-refractivity contribution < 1.29 is 27.1 Å². The van der Waals surface area contributed by atoms with Crippen LogP contribution in [0, 0.1) is 5.82 Å². The van der Waals surface area contributed by atoms with E-state index in [1.165, 1.54) is 11.4 Å². The van der Waals surface area contributed by atoms with E-state index in [1.54, 1.807) is 0 Å². The van der Waals surface area contributed by atoms with Crippen molar-refractivity contribution in [2.24, 2.45) is 0 Å². The minimum absolute atomic E-state index is 0.194. The van der Waals surface area contributed by atoms with E-state index in [1.807, 2.05) is 0 Å². The topological polar surface area (TPSA) is 38.3 Å². The van der Waals surface area contributed by atoms with Crippen molar-refractivity contribution in [3.8, 4) is 5.75 Å². The lowest BCUT2D eigenvalue weighted by atomic mass is 10.1. The Labute approximate surface area is 108 Å². The largest absolute Gasteiger partial charge is 0.496 e. The van der Waals surface area contributed by atoms with Crippen molar-refractivity contribution in [2.45, 2.75) is 12.7 Å². The molecule has 0 fully saturated rings. The fourth-order valence-electron chi connectivity index (χ4n) is 1.19. The van der Waals surface area contributed by atoms with Crippen LogP contribution in [-0.2, 0) is 0 Å². The van der Waals surface area contributed by atoms with Gasteiger partial charge in [0.25, 0.3) is 12.3 Å². The molecule has 100 valence electrons. The maximum Gasteiger partial charge on any atom is 0.287 e. The van der Waals surface area contributed by atoms with Gasteiger partial charge in [0, 0.05) is 4.47 Å². The molecule has 0 radical (unpaired) electrons. The van der Waals surface area contributed by atoms with Crippen LogP contribution >= 0.6 is 15.9 Å². The Hall–Kier alpha value is -1.31. The molecule has 1 aromatic carbocycles. The summed E-state index contributed by atoms with van der Waals surface area (Å²) in [5, 5.41) is 1.34. The van der Waals surface area contributed by atoms with Gasteiger partial charge < -0.3 is 10.1 Å². The Morgan fingerprint density at radius 2 is 2.00 bits per heavy atom. The van der Waals surface area contributed by atoms with Gasteiger partial charge in [-0.3, -0.25) is 4.79 Å². The summed E-state index contributed by atoms with van der Waals surface area (Å²) in [4.78, 5) is 11.5. The predicted molar refractivity (Wildman–Crippen MR) is 59.0 cm³/mol. The molecule has 0 aliphatic carbocycles. The third-order valence-corrected chi connectivity index (χ3v) is 2.41. The summed E-state index contributed by atoms with van der Waals surface area (Å²) in [6.45, 7) is 0. The first-order valence-corrected chi connectivity index (χ1v) is 5.42. The third kappa shape index (κ3) is 3.34. The van der Waals surface area contributed by atoms with E-state index in [2.05, 4.69) is 15.9 Å². The first-order chi connectivity index (χ1) is 8.36. The smallest absolute Gasteiger partial charge is 0.287 e. The summed E-state index contributed by atoms with van der Waals surface area (Å²) in [5.74, 6) is -2.52. The fraction of sp³-hybridized carbons (Fsp3) is 0.300. The van der Waals surface area contributed by atoms with Gasteiger partial charge in [0.05, 0.1) is 7.11 Å². The summed E-state index contributed by atoms with van der Waals surface area (Å²) in [6, 6.07) is 2.20. The monoisotopic (exact) mass is 329 g/mol. The molecule has 0 saturated carbocycles. The van der Waals surface area contributed by atoms with Crippen LogP contribution < -0.4 is 10.1 Å². The highest BCUT2D eigenvalue weighted by atomic mass is 79.9. The average Bonchev–Trinajstić information content (AvgIpc) is 2.27. The standard InChI is InChI=1S/C10H8BrF4NO2/c1-18-6-3-4(11)2-5(12)7(6)10(17)16-9(15)8(13)14/h2-3,8-9H,1H3,(H,16,17). The predicted octanol–water partition coefficient (Wildman–Crippen LogP) is 2.89. The number of hydrogen-bond donors (Lipinski definition) is 1. The molecule has 8 heteroatoms. The molecule has 1 N–H and O–H groups in total. The van der Waals surface area contributed by atoms with Crippen molar-refractivity contribution in [2.75, 3.05) is 7.11 Å². The minimum Gasteiger partial charge on any atom is -0.496 e. The second-order valence-electron chi connectivity index (χ2n) is 3.17. The number of carbonyl (C=O) groups is 1. The first kappa shape index (κ1) is 14.7. The molecule has 0 aromatic heterocycles. The molecular weight excluding hydrogens is 322 g/mol. The van der Waals surface area contributed by atoms with Gasteiger partial charge in [0.2, 0.25) is 6.30 Å². The zero-order valence-corrected chi connectivity index (χ0v) is 10.6. The normalized spacial score (nSPS) is 12.4. The number of ether oxygens (including phenoxy) is 1. The molecule has 1 atom stereocenters. The number of benzene rings is 1. The summed E-state index contributed by atoms with van der Waals surface area (Å²) in [7, 11) is 1.16. The van der Waals surface area contributed by atoms with E-state index in [0.717, 1.165) is 13.2 Å². The van der Waals surface area contributed by atoms with E-state index in [-0.39, 0.29) is 5.75 Å². The maximum atomic E-state index is 13.5. The molecule has 1 unspecified atom stereocenters. The maximum absolute atomic E-state index is 13.5. The third-order valence-electron chi connectivity index (χ3n) is 1.96. The quantitative estimate of drug-likeness (QED) is 0.681. The van der Waals surface area contributed by atoms with Crippen LogP contribution in [0.3, 0.4) is 0 Å². The Balaban J connectivity index is 3.05. The molecule has 1 aromatic rings. The van der Waals surface area contributed by atoms with Crippen molar-refractivity contribution in [1.29, 1.82) is 0 Å². The van der Waals surface area contributed by atoms with Crippen molar-refractivity contribution >= 4 is 21.8 Å². The summed E-state index contributed by atoms with van der Waals surface area (Å²) >= 11 is 2.97. The molecule has 1 rings (SSSR count). The lowest BCUT2D eigenvalue weighted by Crippen LogP contribution is -2.37. The number of halogens is 5. The molecule has 0 heterocycles. The van der Waals surface area contributed by atoms with E-state index in [4.69, 9.17) is 4.74 Å². The van der Waals surface area contributed by atoms with Gasteiger partial charge in [-0.1, -0.05) is 15.9 Å². The van der Waals surface area contributed by atoms with Crippen LogP contribution in [0.25, 0.3) is 0 Å². The van der Waals surface area contributed by atoms with E-state index in [9.17, 15) is 22.4 Å². The number of amides is 1. The van der Waals surface area contributed by atoms with E-state index >= 15 is 0 Å².